The van der Waals surface area contributed by atoms with E-state index in [1.807, 2.05) is 37.4 Å². The third kappa shape index (κ3) is 11.6. The number of anilines is 1. The first-order valence-corrected chi connectivity index (χ1v) is 12.9. The molecule has 1 amide bonds. The number of aliphatic hydroxyl groups excluding tert-OH is 1. The Labute approximate surface area is 221 Å². The summed E-state index contributed by atoms with van der Waals surface area (Å²) in [6.45, 7) is 0. The number of aldehydes is 1. The van der Waals surface area contributed by atoms with Crippen LogP contribution in [0.5, 0.6) is 0 Å². The largest absolute Gasteiger partial charge is 0.402 e. The fourth-order valence-electron chi connectivity index (χ4n) is 3.19. The summed E-state index contributed by atoms with van der Waals surface area (Å²) in [5, 5.41) is 25.4. The number of carbonyl (C=O) groups excluding carboxylic acids is 2. The summed E-state index contributed by atoms with van der Waals surface area (Å²) in [4.78, 5) is 25.9. The Morgan fingerprint density at radius 1 is 1.22 bits per heavy atom. The monoisotopic (exact) mass is 525 g/mol. The first-order valence-electron chi connectivity index (χ1n) is 12.0. The van der Waals surface area contributed by atoms with Crippen LogP contribution in [0.4, 0.5) is 5.13 Å². The van der Waals surface area contributed by atoms with Crippen LogP contribution >= 0.6 is 11.3 Å². The summed E-state index contributed by atoms with van der Waals surface area (Å²) in [6.07, 6.45) is 15.6. The minimum absolute atomic E-state index is 0.140. The van der Waals surface area contributed by atoms with Gasteiger partial charge in [-0.15, -0.1) is 10.2 Å². The molecule has 0 aliphatic heterocycles. The topological polar surface area (TPSA) is 169 Å². The molecule has 0 fully saturated rings. The second kappa shape index (κ2) is 16.8. The number of hydrogen-bond acceptors (Lipinski definition) is 10. The van der Waals surface area contributed by atoms with Gasteiger partial charge in [0.2, 0.25) is 5.13 Å². The van der Waals surface area contributed by atoms with Crippen molar-refractivity contribution in [3.05, 3.63) is 82.6 Å². The van der Waals surface area contributed by atoms with E-state index in [-0.39, 0.29) is 5.82 Å². The van der Waals surface area contributed by atoms with Crippen LogP contribution in [0.15, 0.2) is 71.9 Å². The molecule has 2 heterocycles. The zero-order valence-corrected chi connectivity index (χ0v) is 21.8. The molecule has 7 N–H and O–H groups in total. The molecule has 1 atom stereocenters. The van der Waals surface area contributed by atoms with Gasteiger partial charge in [-0.05, 0) is 62.0 Å². The van der Waals surface area contributed by atoms with E-state index >= 15 is 0 Å². The molecule has 0 saturated carbocycles. The molecule has 0 aromatic carbocycles. The average Bonchev–Trinajstić information content (AvgIpc) is 3.39. The van der Waals surface area contributed by atoms with E-state index in [9.17, 15) is 14.7 Å². The van der Waals surface area contributed by atoms with Crippen molar-refractivity contribution in [3.8, 4) is 0 Å². The standard InChI is InChI=1S/C19H28N6O2S.C7H7NO/c1-22-19-25-24-16(28-19)10-6-5-9-14(20)11-12-15(21)23-18(27)17(26)13-7-3-2-4-8-13;9-6-4-7-3-1-2-5-8-7/h3,7-8,11-12,17,26H,2,4-6,9-10,20-21H2,1H3,(H,22,25)(H,23,27);1-3,5-6H,4H2/b14-11-,15-12+;. The number of aliphatic hydroxyl groups is 1. The number of amides is 1. The van der Waals surface area contributed by atoms with E-state index in [0.29, 0.717) is 17.7 Å². The molecule has 0 radical (unpaired) electrons. The molecule has 2 aromatic rings. The molecule has 10 nitrogen and oxygen atoms in total. The van der Waals surface area contributed by atoms with Crippen LogP contribution < -0.4 is 22.1 Å². The van der Waals surface area contributed by atoms with Crippen LogP contribution in [0.1, 0.15) is 42.8 Å². The van der Waals surface area contributed by atoms with Crippen LogP contribution in [0, 0.1) is 0 Å². The van der Waals surface area contributed by atoms with Gasteiger partial charge >= 0.3 is 0 Å². The Hall–Kier alpha value is -3.83. The van der Waals surface area contributed by atoms with Crippen molar-refractivity contribution in [2.75, 3.05) is 12.4 Å². The summed E-state index contributed by atoms with van der Waals surface area (Å²) in [7, 11) is 1.82. The number of rotatable bonds is 12. The molecule has 2 aromatic heterocycles. The number of nitrogens with zero attached hydrogens (tertiary/aromatic N) is 3. The second-order valence-corrected chi connectivity index (χ2v) is 9.15. The van der Waals surface area contributed by atoms with Crippen molar-refractivity contribution < 1.29 is 14.7 Å². The van der Waals surface area contributed by atoms with Crippen molar-refractivity contribution in [1.29, 1.82) is 0 Å². The zero-order chi connectivity index (χ0) is 26.9. The molecule has 1 unspecified atom stereocenters. The van der Waals surface area contributed by atoms with Crippen molar-refractivity contribution in [2.45, 2.75) is 51.0 Å². The highest BCUT2D eigenvalue weighted by Crippen LogP contribution is 2.17. The molecular weight excluding hydrogens is 490 g/mol. The molecule has 0 saturated heterocycles. The van der Waals surface area contributed by atoms with Crippen LogP contribution in [0.3, 0.4) is 0 Å². The van der Waals surface area contributed by atoms with E-state index in [1.165, 1.54) is 6.08 Å². The van der Waals surface area contributed by atoms with E-state index in [4.69, 9.17) is 11.5 Å². The molecule has 0 spiro atoms. The lowest BCUT2D eigenvalue weighted by Gasteiger charge is -2.14. The summed E-state index contributed by atoms with van der Waals surface area (Å²) < 4.78 is 0. The molecule has 1 aliphatic carbocycles. The number of unbranched alkanes of at least 4 members (excludes halogenated alkanes) is 1. The normalized spacial score (nSPS) is 14.2. The highest BCUT2D eigenvalue weighted by atomic mass is 32.1. The van der Waals surface area contributed by atoms with E-state index in [0.717, 1.165) is 60.6 Å². The summed E-state index contributed by atoms with van der Waals surface area (Å²) in [5.74, 6) is -0.419. The Balaban J connectivity index is 0.000000449. The highest BCUT2D eigenvalue weighted by molar-refractivity contribution is 7.15. The van der Waals surface area contributed by atoms with Gasteiger partial charge in [-0.25, -0.2) is 0 Å². The van der Waals surface area contributed by atoms with Gasteiger partial charge in [0.25, 0.3) is 5.91 Å². The molecule has 3 rings (SSSR count). The fourth-order valence-corrected chi connectivity index (χ4v) is 3.92. The molecule has 0 bridgehead atoms. The van der Waals surface area contributed by atoms with Gasteiger partial charge in [0.1, 0.15) is 17.1 Å². The van der Waals surface area contributed by atoms with Crippen LogP contribution in [-0.4, -0.2) is 45.6 Å². The maximum Gasteiger partial charge on any atom is 0.258 e. The predicted octanol–water partition coefficient (Wildman–Crippen LogP) is 2.51. The van der Waals surface area contributed by atoms with E-state index < -0.39 is 12.0 Å². The summed E-state index contributed by atoms with van der Waals surface area (Å²) in [6, 6.07) is 5.52. The zero-order valence-electron chi connectivity index (χ0n) is 21.0. The Bertz CT molecular complexity index is 1110. The van der Waals surface area contributed by atoms with Gasteiger partial charge in [-0.1, -0.05) is 35.6 Å². The quantitative estimate of drug-likeness (QED) is 0.159. The second-order valence-electron chi connectivity index (χ2n) is 8.09. The maximum absolute atomic E-state index is 12.0. The summed E-state index contributed by atoms with van der Waals surface area (Å²) >= 11 is 1.55. The fraction of sp³-hybridized carbons (Fsp3) is 0.346. The molecule has 1 aliphatic rings. The SMILES string of the molecule is CNc1nnc(CCCC/C(N)=C/C=C(\N)NC(=O)C(O)C2=CCCC=C2)s1.O=CCc1ccccn1. The number of aryl methyl sites for hydroxylation is 1. The lowest BCUT2D eigenvalue weighted by atomic mass is 10.0. The maximum atomic E-state index is 12.0. The molecular formula is C26H35N7O3S. The average molecular weight is 526 g/mol. The van der Waals surface area contributed by atoms with E-state index in [2.05, 4.69) is 25.8 Å². The smallest absolute Gasteiger partial charge is 0.258 e. The third-order valence-corrected chi connectivity index (χ3v) is 6.14. The molecule has 198 valence electrons. The van der Waals surface area contributed by atoms with Gasteiger partial charge in [0.15, 0.2) is 6.10 Å². The number of hydrogen-bond donors (Lipinski definition) is 5. The summed E-state index contributed by atoms with van der Waals surface area (Å²) in [5.41, 5.74) is 13.9. The Morgan fingerprint density at radius 2 is 2.05 bits per heavy atom. The number of carbonyl (C=O) groups is 2. The van der Waals surface area contributed by atoms with Gasteiger partial charge in [0.05, 0.1) is 0 Å². The van der Waals surface area contributed by atoms with E-state index in [1.54, 1.807) is 29.7 Å². The molecule has 37 heavy (non-hydrogen) atoms. The first-order chi connectivity index (χ1) is 17.9. The Morgan fingerprint density at radius 3 is 2.70 bits per heavy atom. The van der Waals surface area contributed by atoms with Gasteiger partial charge in [0, 0.05) is 37.5 Å². The van der Waals surface area contributed by atoms with Crippen LogP contribution in [-0.2, 0) is 22.4 Å². The van der Waals surface area contributed by atoms with Gasteiger partial charge in [-0.2, -0.15) is 0 Å². The molecule has 11 heteroatoms. The minimum Gasteiger partial charge on any atom is -0.402 e. The van der Waals surface area contributed by atoms with Gasteiger partial charge in [-0.3, -0.25) is 9.78 Å². The highest BCUT2D eigenvalue weighted by Gasteiger charge is 2.19. The van der Waals surface area contributed by atoms with Crippen LogP contribution in [0.2, 0.25) is 0 Å². The van der Waals surface area contributed by atoms with Crippen molar-refractivity contribution in [3.63, 3.8) is 0 Å². The lowest BCUT2D eigenvalue weighted by Crippen LogP contribution is -2.37. The minimum atomic E-state index is -1.23. The van der Waals surface area contributed by atoms with Crippen molar-refractivity contribution in [1.82, 2.24) is 20.5 Å². The number of nitrogens with two attached hydrogens (primary N) is 2. The lowest BCUT2D eigenvalue weighted by molar-refractivity contribution is -0.126. The number of aromatic nitrogens is 3. The van der Waals surface area contributed by atoms with Gasteiger partial charge < -0.3 is 32.0 Å². The third-order valence-electron chi connectivity index (χ3n) is 5.14. The number of nitrogens with one attached hydrogen (secondary N) is 2. The predicted molar refractivity (Wildman–Crippen MR) is 146 cm³/mol. The number of pyridine rings is 1. The number of allylic oxidation sites excluding steroid dienone is 5. The van der Waals surface area contributed by atoms with Crippen LogP contribution in [0.25, 0.3) is 0 Å². The Kier molecular flexibility index (Phi) is 13.3. The van der Waals surface area contributed by atoms with Crippen molar-refractivity contribution in [2.24, 2.45) is 11.5 Å². The van der Waals surface area contributed by atoms with Crippen molar-refractivity contribution >= 4 is 28.7 Å². The first kappa shape index (κ1) is 29.4.